The lowest BCUT2D eigenvalue weighted by Gasteiger charge is -2.36. The van der Waals surface area contributed by atoms with E-state index in [0.29, 0.717) is 17.5 Å². The molecule has 3 aromatic rings. The van der Waals surface area contributed by atoms with Crippen molar-refractivity contribution in [3.05, 3.63) is 48.8 Å². The lowest BCUT2D eigenvalue weighted by Crippen LogP contribution is -2.40. The fourth-order valence-corrected chi connectivity index (χ4v) is 3.88. The second-order valence-electron chi connectivity index (χ2n) is 6.86. The summed E-state index contributed by atoms with van der Waals surface area (Å²) >= 11 is 0. The quantitative estimate of drug-likeness (QED) is 0.714. The molecule has 5 nitrogen and oxygen atoms in total. The Bertz CT molecular complexity index is 903. The van der Waals surface area contributed by atoms with Crippen LogP contribution in [0.3, 0.4) is 0 Å². The second-order valence-corrected chi connectivity index (χ2v) is 6.86. The maximum atomic E-state index is 6.49. The zero-order chi connectivity index (χ0) is 17.9. The van der Waals surface area contributed by atoms with Crippen LogP contribution in [-0.4, -0.2) is 22.6 Å². The topological polar surface area (TPSA) is 67.1 Å². The summed E-state index contributed by atoms with van der Waals surface area (Å²) in [5.41, 5.74) is 8.12. The van der Waals surface area contributed by atoms with Gasteiger partial charge in [-0.25, -0.2) is 9.97 Å². The smallest absolute Gasteiger partial charge is 0.159 e. The molecule has 3 N–H and O–H groups in total. The SMILES string of the molecule is CCC1CCCCN1c1ncnc(Nc2cccc3ccccc23)c1N. The van der Waals surface area contributed by atoms with Crippen molar-refractivity contribution in [3.8, 4) is 0 Å². The summed E-state index contributed by atoms with van der Waals surface area (Å²) in [6.45, 7) is 3.24. The molecule has 0 saturated carbocycles. The molecule has 0 bridgehead atoms. The fraction of sp³-hybridized carbons (Fsp3) is 0.333. The molecule has 26 heavy (non-hydrogen) atoms. The number of hydrogen-bond acceptors (Lipinski definition) is 5. The Kier molecular flexibility index (Phi) is 4.61. The van der Waals surface area contributed by atoms with Gasteiger partial charge in [0.1, 0.15) is 12.0 Å². The van der Waals surface area contributed by atoms with Gasteiger partial charge in [0.25, 0.3) is 0 Å². The third-order valence-corrected chi connectivity index (χ3v) is 5.28. The average Bonchev–Trinajstić information content (AvgIpc) is 2.70. The molecule has 0 amide bonds. The lowest BCUT2D eigenvalue weighted by molar-refractivity contribution is 0.447. The van der Waals surface area contributed by atoms with Crippen LogP contribution < -0.4 is 16.0 Å². The number of nitrogens with one attached hydrogen (secondary N) is 1. The van der Waals surface area contributed by atoms with E-state index in [4.69, 9.17) is 5.73 Å². The Morgan fingerprint density at radius 2 is 1.96 bits per heavy atom. The van der Waals surface area contributed by atoms with Gasteiger partial charge < -0.3 is 16.0 Å². The molecule has 0 radical (unpaired) electrons. The van der Waals surface area contributed by atoms with E-state index >= 15 is 0 Å². The average molecular weight is 347 g/mol. The van der Waals surface area contributed by atoms with Gasteiger partial charge in [0, 0.05) is 23.7 Å². The third kappa shape index (κ3) is 3.05. The largest absolute Gasteiger partial charge is 0.393 e. The van der Waals surface area contributed by atoms with Gasteiger partial charge in [-0.3, -0.25) is 0 Å². The summed E-state index contributed by atoms with van der Waals surface area (Å²) < 4.78 is 0. The fourth-order valence-electron chi connectivity index (χ4n) is 3.88. The normalized spacial score (nSPS) is 17.4. The van der Waals surface area contributed by atoms with Gasteiger partial charge in [0.05, 0.1) is 0 Å². The molecule has 1 atom stereocenters. The van der Waals surface area contributed by atoms with E-state index in [1.165, 1.54) is 24.6 Å². The number of anilines is 4. The van der Waals surface area contributed by atoms with E-state index in [9.17, 15) is 0 Å². The van der Waals surface area contributed by atoms with Crippen LogP contribution in [0.5, 0.6) is 0 Å². The Hall–Kier alpha value is -2.82. The van der Waals surface area contributed by atoms with Crippen LogP contribution in [0.1, 0.15) is 32.6 Å². The number of nitrogen functional groups attached to an aromatic ring is 1. The van der Waals surface area contributed by atoms with E-state index in [1.807, 2.05) is 18.2 Å². The summed E-state index contributed by atoms with van der Waals surface area (Å²) in [6.07, 6.45) is 6.38. The van der Waals surface area contributed by atoms with Crippen molar-refractivity contribution in [3.63, 3.8) is 0 Å². The van der Waals surface area contributed by atoms with Crippen LogP contribution in [-0.2, 0) is 0 Å². The minimum Gasteiger partial charge on any atom is -0.393 e. The summed E-state index contributed by atoms with van der Waals surface area (Å²) in [7, 11) is 0. The Morgan fingerprint density at radius 3 is 2.85 bits per heavy atom. The number of rotatable bonds is 4. The third-order valence-electron chi connectivity index (χ3n) is 5.28. The van der Waals surface area contributed by atoms with Crippen molar-refractivity contribution in [2.45, 2.75) is 38.6 Å². The van der Waals surface area contributed by atoms with Crippen LogP contribution in [0.4, 0.5) is 23.0 Å². The van der Waals surface area contributed by atoms with Gasteiger partial charge in [-0.05, 0) is 37.1 Å². The highest BCUT2D eigenvalue weighted by Crippen LogP contribution is 2.34. The van der Waals surface area contributed by atoms with E-state index < -0.39 is 0 Å². The van der Waals surface area contributed by atoms with E-state index in [2.05, 4.69) is 51.4 Å². The molecule has 1 aliphatic rings. The predicted molar refractivity (Wildman–Crippen MR) is 109 cm³/mol. The van der Waals surface area contributed by atoms with Gasteiger partial charge in [0.2, 0.25) is 0 Å². The van der Waals surface area contributed by atoms with Crippen LogP contribution >= 0.6 is 0 Å². The zero-order valence-electron chi connectivity index (χ0n) is 15.2. The number of nitrogens with zero attached hydrogens (tertiary/aromatic N) is 3. The number of piperidine rings is 1. The van der Waals surface area contributed by atoms with Gasteiger partial charge >= 0.3 is 0 Å². The monoisotopic (exact) mass is 347 g/mol. The molecule has 0 aliphatic carbocycles. The number of benzene rings is 2. The minimum atomic E-state index is 0.506. The van der Waals surface area contributed by atoms with E-state index in [-0.39, 0.29) is 0 Å². The Morgan fingerprint density at radius 1 is 1.12 bits per heavy atom. The standard InChI is InChI=1S/C21H25N5/c1-2-16-10-5-6-13-26(16)21-19(22)20(23-14-24-21)25-18-12-7-9-15-8-3-4-11-17(15)18/h3-4,7-9,11-12,14,16H,2,5-6,10,13,22H2,1H3,(H,23,24,25). The number of nitrogens with two attached hydrogens (primary N) is 1. The zero-order valence-corrected chi connectivity index (χ0v) is 15.2. The van der Waals surface area contributed by atoms with Crippen molar-refractivity contribution < 1.29 is 0 Å². The molecule has 4 rings (SSSR count). The first-order chi connectivity index (χ1) is 12.8. The molecule has 1 fully saturated rings. The Balaban J connectivity index is 1.69. The maximum Gasteiger partial charge on any atom is 0.159 e. The summed E-state index contributed by atoms with van der Waals surface area (Å²) in [5, 5.41) is 5.76. The Labute approximate surface area is 154 Å². The molecule has 1 unspecified atom stereocenters. The predicted octanol–water partition coefficient (Wildman–Crippen LogP) is 4.72. The number of fused-ring (bicyclic) bond motifs is 1. The minimum absolute atomic E-state index is 0.506. The molecule has 134 valence electrons. The molecule has 1 aliphatic heterocycles. The highest BCUT2D eigenvalue weighted by atomic mass is 15.2. The first kappa shape index (κ1) is 16.6. The summed E-state index contributed by atoms with van der Waals surface area (Å²) in [4.78, 5) is 11.3. The first-order valence-corrected chi connectivity index (χ1v) is 9.40. The van der Waals surface area contributed by atoms with Crippen LogP contribution in [0.15, 0.2) is 48.8 Å². The lowest BCUT2D eigenvalue weighted by atomic mass is 10.00. The van der Waals surface area contributed by atoms with Crippen LogP contribution in [0.2, 0.25) is 0 Å². The maximum absolute atomic E-state index is 6.49. The van der Waals surface area contributed by atoms with E-state index in [1.54, 1.807) is 6.33 Å². The van der Waals surface area contributed by atoms with Gasteiger partial charge in [0.15, 0.2) is 11.6 Å². The molecule has 2 aromatic carbocycles. The van der Waals surface area contributed by atoms with Crippen LogP contribution in [0, 0.1) is 0 Å². The molecule has 1 aromatic heterocycles. The highest BCUT2D eigenvalue weighted by Gasteiger charge is 2.25. The number of hydrogen-bond donors (Lipinski definition) is 2. The molecule has 0 spiro atoms. The van der Waals surface area contributed by atoms with Crippen molar-refractivity contribution >= 4 is 33.8 Å². The summed E-state index contributed by atoms with van der Waals surface area (Å²) in [6, 6.07) is 15.0. The van der Waals surface area contributed by atoms with E-state index in [0.717, 1.165) is 29.9 Å². The van der Waals surface area contributed by atoms with Gasteiger partial charge in [-0.15, -0.1) is 0 Å². The molecule has 1 saturated heterocycles. The first-order valence-electron chi connectivity index (χ1n) is 9.40. The van der Waals surface area contributed by atoms with Crippen LogP contribution in [0.25, 0.3) is 10.8 Å². The highest BCUT2D eigenvalue weighted by molar-refractivity contribution is 5.96. The molecular weight excluding hydrogens is 322 g/mol. The van der Waals surface area contributed by atoms with Crippen molar-refractivity contribution in [2.24, 2.45) is 0 Å². The second kappa shape index (κ2) is 7.20. The van der Waals surface area contributed by atoms with Crippen molar-refractivity contribution in [1.29, 1.82) is 0 Å². The summed E-state index contributed by atoms with van der Waals surface area (Å²) in [5.74, 6) is 1.53. The molecule has 5 heteroatoms. The van der Waals surface area contributed by atoms with Gasteiger partial charge in [-0.1, -0.05) is 43.3 Å². The molecule has 2 heterocycles. The molecular formula is C21H25N5. The van der Waals surface area contributed by atoms with Gasteiger partial charge in [-0.2, -0.15) is 0 Å². The number of aromatic nitrogens is 2. The van der Waals surface area contributed by atoms with Crippen molar-refractivity contribution in [2.75, 3.05) is 22.5 Å². The van der Waals surface area contributed by atoms with Crippen molar-refractivity contribution in [1.82, 2.24) is 9.97 Å².